The third kappa shape index (κ3) is 2.18. The molecule has 0 radical (unpaired) electrons. The molecule has 1 aromatic heterocycles. The minimum absolute atomic E-state index is 0.249. The van der Waals surface area contributed by atoms with Crippen molar-refractivity contribution in [3.8, 4) is 0 Å². The van der Waals surface area contributed by atoms with Gasteiger partial charge in [0.25, 0.3) is 0 Å². The van der Waals surface area contributed by atoms with Gasteiger partial charge in [0.05, 0.1) is 17.9 Å². The molecule has 0 aliphatic carbocycles. The van der Waals surface area contributed by atoms with Gasteiger partial charge in [-0.05, 0) is 12.8 Å². The number of carbonyl (C=O) groups excluding carboxylic acids is 1. The van der Waals surface area contributed by atoms with Gasteiger partial charge < -0.3 is 10.6 Å². The van der Waals surface area contributed by atoms with Gasteiger partial charge in [0.2, 0.25) is 5.91 Å². The van der Waals surface area contributed by atoms with Crippen LogP contribution in [0.25, 0.3) is 0 Å². The van der Waals surface area contributed by atoms with E-state index in [1.54, 1.807) is 6.20 Å². The SMILES string of the molecule is CCC(=O)N1CCC(n2cc(N)cn2)CC1. The Bertz CT molecular complexity index is 366. The summed E-state index contributed by atoms with van der Waals surface area (Å²) in [7, 11) is 0. The number of hydrogen-bond donors (Lipinski definition) is 1. The summed E-state index contributed by atoms with van der Waals surface area (Å²) in [5.41, 5.74) is 6.34. The van der Waals surface area contributed by atoms with E-state index >= 15 is 0 Å². The molecular formula is C11H18N4O. The number of anilines is 1. The fourth-order valence-electron chi connectivity index (χ4n) is 2.16. The van der Waals surface area contributed by atoms with Gasteiger partial charge in [-0.3, -0.25) is 9.48 Å². The minimum atomic E-state index is 0.249. The molecule has 0 saturated carbocycles. The van der Waals surface area contributed by atoms with Crippen LogP contribution in [0.2, 0.25) is 0 Å². The van der Waals surface area contributed by atoms with Crippen LogP contribution in [0.1, 0.15) is 32.2 Å². The maximum absolute atomic E-state index is 11.5. The first-order valence-corrected chi connectivity index (χ1v) is 5.78. The number of nitrogens with two attached hydrogens (primary N) is 1. The molecule has 0 bridgehead atoms. The van der Waals surface area contributed by atoms with Crippen LogP contribution in [0.4, 0.5) is 5.69 Å². The first kappa shape index (κ1) is 11.0. The van der Waals surface area contributed by atoms with E-state index in [-0.39, 0.29) is 5.91 Å². The molecule has 0 aromatic carbocycles. The zero-order valence-corrected chi connectivity index (χ0v) is 9.59. The number of carbonyl (C=O) groups is 1. The van der Waals surface area contributed by atoms with Crippen molar-refractivity contribution in [3.05, 3.63) is 12.4 Å². The van der Waals surface area contributed by atoms with Gasteiger partial charge in [-0.1, -0.05) is 6.92 Å². The normalized spacial score (nSPS) is 17.7. The molecular weight excluding hydrogens is 204 g/mol. The first-order valence-electron chi connectivity index (χ1n) is 5.78. The molecule has 5 heteroatoms. The number of nitrogens with zero attached hydrogens (tertiary/aromatic N) is 3. The molecule has 1 aliphatic rings. The Balaban J connectivity index is 1.92. The van der Waals surface area contributed by atoms with E-state index in [1.807, 2.05) is 22.7 Å². The number of piperidine rings is 1. The average Bonchev–Trinajstić information content (AvgIpc) is 2.75. The zero-order valence-electron chi connectivity index (χ0n) is 9.59. The molecule has 1 aromatic rings. The summed E-state index contributed by atoms with van der Waals surface area (Å²) in [6, 6.07) is 0.387. The second-order valence-corrected chi connectivity index (χ2v) is 4.22. The van der Waals surface area contributed by atoms with Crippen LogP contribution in [-0.2, 0) is 4.79 Å². The van der Waals surface area contributed by atoms with Gasteiger partial charge in [-0.15, -0.1) is 0 Å². The Kier molecular flexibility index (Phi) is 3.12. The van der Waals surface area contributed by atoms with Crippen LogP contribution in [0.5, 0.6) is 0 Å². The summed E-state index contributed by atoms with van der Waals surface area (Å²) < 4.78 is 1.92. The molecule has 2 N–H and O–H groups in total. The summed E-state index contributed by atoms with van der Waals surface area (Å²) in [5.74, 6) is 0.249. The van der Waals surface area contributed by atoms with Crippen LogP contribution in [-0.4, -0.2) is 33.7 Å². The molecule has 1 fully saturated rings. The molecule has 0 atom stereocenters. The zero-order chi connectivity index (χ0) is 11.5. The molecule has 1 amide bonds. The van der Waals surface area contributed by atoms with Crippen molar-refractivity contribution in [3.63, 3.8) is 0 Å². The molecule has 1 aliphatic heterocycles. The van der Waals surface area contributed by atoms with Crippen molar-refractivity contribution < 1.29 is 4.79 Å². The average molecular weight is 222 g/mol. The van der Waals surface area contributed by atoms with Gasteiger partial charge in [0.15, 0.2) is 0 Å². The third-order valence-electron chi connectivity index (χ3n) is 3.12. The highest BCUT2D eigenvalue weighted by molar-refractivity contribution is 5.75. The number of rotatable bonds is 2. The van der Waals surface area contributed by atoms with Crippen LogP contribution >= 0.6 is 0 Å². The number of likely N-dealkylation sites (tertiary alicyclic amines) is 1. The molecule has 16 heavy (non-hydrogen) atoms. The fourth-order valence-corrected chi connectivity index (χ4v) is 2.16. The standard InChI is InChI=1S/C11H18N4O/c1-2-11(16)14-5-3-10(4-6-14)15-8-9(12)7-13-15/h7-8,10H,2-6,12H2,1H3. The minimum Gasteiger partial charge on any atom is -0.396 e. The lowest BCUT2D eigenvalue weighted by atomic mass is 10.1. The highest BCUT2D eigenvalue weighted by atomic mass is 16.2. The van der Waals surface area contributed by atoms with Gasteiger partial charge in [-0.2, -0.15) is 5.10 Å². The summed E-state index contributed by atoms with van der Waals surface area (Å²) in [5, 5.41) is 4.22. The van der Waals surface area contributed by atoms with E-state index < -0.39 is 0 Å². The largest absolute Gasteiger partial charge is 0.396 e. The van der Waals surface area contributed by atoms with Crippen LogP contribution in [0.15, 0.2) is 12.4 Å². The first-order chi connectivity index (χ1) is 7.70. The second kappa shape index (κ2) is 4.55. The lowest BCUT2D eigenvalue weighted by molar-refractivity contribution is -0.132. The monoisotopic (exact) mass is 222 g/mol. The summed E-state index contributed by atoms with van der Waals surface area (Å²) in [6.07, 6.45) is 6.06. The van der Waals surface area contributed by atoms with Crippen molar-refractivity contribution >= 4 is 11.6 Å². The smallest absolute Gasteiger partial charge is 0.222 e. The van der Waals surface area contributed by atoms with Crippen molar-refractivity contribution in [2.24, 2.45) is 0 Å². The number of amides is 1. The summed E-state index contributed by atoms with van der Waals surface area (Å²) in [6.45, 7) is 3.57. The Morgan fingerprint density at radius 3 is 2.75 bits per heavy atom. The number of aromatic nitrogens is 2. The molecule has 0 unspecified atom stereocenters. The second-order valence-electron chi connectivity index (χ2n) is 4.22. The topological polar surface area (TPSA) is 64.2 Å². The van der Waals surface area contributed by atoms with E-state index in [2.05, 4.69) is 5.10 Å². The van der Waals surface area contributed by atoms with E-state index in [1.165, 1.54) is 0 Å². The third-order valence-corrected chi connectivity index (χ3v) is 3.12. The van der Waals surface area contributed by atoms with E-state index in [0.29, 0.717) is 18.2 Å². The van der Waals surface area contributed by atoms with Crippen molar-refractivity contribution in [1.82, 2.24) is 14.7 Å². The lowest BCUT2D eigenvalue weighted by Crippen LogP contribution is -2.38. The maximum atomic E-state index is 11.5. The molecule has 0 spiro atoms. The van der Waals surface area contributed by atoms with Gasteiger partial charge >= 0.3 is 0 Å². The maximum Gasteiger partial charge on any atom is 0.222 e. The molecule has 5 nitrogen and oxygen atoms in total. The van der Waals surface area contributed by atoms with Gasteiger partial charge in [0, 0.05) is 25.7 Å². The van der Waals surface area contributed by atoms with Gasteiger partial charge in [-0.25, -0.2) is 0 Å². The van der Waals surface area contributed by atoms with E-state index in [9.17, 15) is 4.79 Å². The van der Waals surface area contributed by atoms with E-state index in [4.69, 9.17) is 5.73 Å². The van der Waals surface area contributed by atoms with E-state index in [0.717, 1.165) is 25.9 Å². The lowest BCUT2D eigenvalue weighted by Gasteiger charge is -2.31. The molecule has 2 heterocycles. The Morgan fingerprint density at radius 1 is 1.56 bits per heavy atom. The summed E-state index contributed by atoms with van der Waals surface area (Å²) in [4.78, 5) is 13.4. The predicted molar refractivity (Wildman–Crippen MR) is 61.8 cm³/mol. The van der Waals surface area contributed by atoms with Crippen LogP contribution < -0.4 is 5.73 Å². The summed E-state index contributed by atoms with van der Waals surface area (Å²) >= 11 is 0. The highest BCUT2D eigenvalue weighted by Crippen LogP contribution is 2.22. The number of nitrogen functional groups attached to an aromatic ring is 1. The van der Waals surface area contributed by atoms with Gasteiger partial charge in [0.1, 0.15) is 0 Å². The fraction of sp³-hybridized carbons (Fsp3) is 0.636. The number of hydrogen-bond acceptors (Lipinski definition) is 3. The highest BCUT2D eigenvalue weighted by Gasteiger charge is 2.23. The van der Waals surface area contributed by atoms with Crippen molar-refractivity contribution in [1.29, 1.82) is 0 Å². The Morgan fingerprint density at radius 2 is 2.25 bits per heavy atom. The van der Waals surface area contributed by atoms with Crippen molar-refractivity contribution in [2.45, 2.75) is 32.2 Å². The molecule has 1 saturated heterocycles. The quantitative estimate of drug-likeness (QED) is 0.813. The molecule has 2 rings (SSSR count). The van der Waals surface area contributed by atoms with Crippen LogP contribution in [0, 0.1) is 0 Å². The molecule has 88 valence electrons. The Hall–Kier alpha value is -1.52. The van der Waals surface area contributed by atoms with Crippen molar-refractivity contribution in [2.75, 3.05) is 18.8 Å². The predicted octanol–water partition coefficient (Wildman–Crippen LogP) is 1.04. The van der Waals surface area contributed by atoms with Crippen LogP contribution in [0.3, 0.4) is 0 Å². The Labute approximate surface area is 95.2 Å².